The zero-order chi connectivity index (χ0) is 12.3. The molecule has 0 atom stereocenters. The molecule has 1 aromatic heterocycles. The Morgan fingerprint density at radius 2 is 2.00 bits per heavy atom. The van der Waals surface area contributed by atoms with Gasteiger partial charge < -0.3 is 10.1 Å². The highest BCUT2D eigenvalue weighted by molar-refractivity contribution is 5.38. The third-order valence-corrected chi connectivity index (χ3v) is 2.41. The van der Waals surface area contributed by atoms with Crippen LogP contribution in [0.2, 0.25) is 0 Å². The molecule has 0 aromatic carbocycles. The maximum absolute atomic E-state index is 13.6. The van der Waals surface area contributed by atoms with Crippen LogP contribution in [0.25, 0.3) is 0 Å². The lowest BCUT2D eigenvalue weighted by molar-refractivity contribution is 0.0113. The van der Waals surface area contributed by atoms with Crippen molar-refractivity contribution in [2.75, 3.05) is 19.0 Å². The van der Waals surface area contributed by atoms with E-state index in [1.807, 2.05) is 20.8 Å². The minimum Gasteiger partial charge on any atom is -0.371 e. The minimum absolute atomic E-state index is 0.232. The predicted molar refractivity (Wildman–Crippen MR) is 60.9 cm³/mol. The summed E-state index contributed by atoms with van der Waals surface area (Å²) < 4.78 is 18.9. The first kappa shape index (κ1) is 12.8. The van der Waals surface area contributed by atoms with Gasteiger partial charge in [-0.3, -0.25) is 0 Å². The topological polar surface area (TPSA) is 47.0 Å². The first-order chi connectivity index (χ1) is 7.42. The molecule has 0 unspecified atom stereocenters. The number of hydrogen-bond acceptors (Lipinski definition) is 4. The highest BCUT2D eigenvalue weighted by Crippen LogP contribution is 2.23. The molecule has 16 heavy (non-hydrogen) atoms. The van der Waals surface area contributed by atoms with E-state index in [1.54, 1.807) is 14.0 Å². The molecular weight excluding hydrogens is 209 g/mol. The Labute approximate surface area is 95.3 Å². The maximum Gasteiger partial charge on any atom is 0.186 e. The van der Waals surface area contributed by atoms with Crippen LogP contribution in [0, 0.1) is 12.7 Å². The van der Waals surface area contributed by atoms with Crippen molar-refractivity contribution >= 4 is 5.82 Å². The van der Waals surface area contributed by atoms with Crippen molar-refractivity contribution in [2.45, 2.75) is 33.3 Å². The molecule has 0 bridgehead atoms. The fourth-order valence-corrected chi connectivity index (χ4v) is 1.20. The molecule has 1 heterocycles. The van der Waals surface area contributed by atoms with E-state index >= 15 is 0 Å². The lowest BCUT2D eigenvalue weighted by Crippen LogP contribution is -2.24. The Balaban J connectivity index is 3.23. The zero-order valence-electron chi connectivity index (χ0n) is 10.4. The molecule has 0 aliphatic rings. The molecule has 1 rings (SSSR count). The van der Waals surface area contributed by atoms with Gasteiger partial charge in [-0.1, -0.05) is 0 Å². The fraction of sp³-hybridized carbons (Fsp3) is 0.636. The summed E-state index contributed by atoms with van der Waals surface area (Å²) in [5.74, 6) is 0.303. The van der Waals surface area contributed by atoms with Crippen LogP contribution in [0.1, 0.15) is 32.3 Å². The number of nitrogens with one attached hydrogen (secondary N) is 1. The van der Waals surface area contributed by atoms with E-state index in [4.69, 9.17) is 4.74 Å². The van der Waals surface area contributed by atoms with Gasteiger partial charge in [0.05, 0.1) is 5.69 Å². The Bertz CT molecular complexity index is 380. The third-order valence-electron chi connectivity index (χ3n) is 2.41. The summed E-state index contributed by atoms with van der Waals surface area (Å²) in [6.07, 6.45) is 0. The molecule has 1 N–H and O–H groups in total. The summed E-state index contributed by atoms with van der Waals surface area (Å²) in [5, 5.41) is 2.87. The van der Waals surface area contributed by atoms with Gasteiger partial charge in [0, 0.05) is 13.7 Å². The highest BCUT2D eigenvalue weighted by atomic mass is 19.1. The number of aryl methyl sites for hydroxylation is 1. The van der Waals surface area contributed by atoms with E-state index < -0.39 is 11.4 Å². The number of nitrogens with zero attached hydrogens (tertiary/aromatic N) is 2. The van der Waals surface area contributed by atoms with E-state index in [2.05, 4.69) is 15.3 Å². The predicted octanol–water partition coefficient (Wildman–Crippen LogP) is 2.24. The second-order valence-corrected chi connectivity index (χ2v) is 4.04. The fourth-order valence-electron chi connectivity index (χ4n) is 1.20. The normalized spacial score (nSPS) is 11.6. The van der Waals surface area contributed by atoms with Gasteiger partial charge in [0.25, 0.3) is 0 Å². The van der Waals surface area contributed by atoms with Crippen molar-refractivity contribution in [2.24, 2.45) is 0 Å². The first-order valence-electron chi connectivity index (χ1n) is 5.26. The molecule has 0 spiro atoms. The van der Waals surface area contributed by atoms with Crippen molar-refractivity contribution in [1.29, 1.82) is 0 Å². The van der Waals surface area contributed by atoms with Gasteiger partial charge in [-0.15, -0.1) is 0 Å². The second kappa shape index (κ2) is 4.74. The van der Waals surface area contributed by atoms with Gasteiger partial charge in [0.1, 0.15) is 5.60 Å². The van der Waals surface area contributed by atoms with E-state index in [1.165, 1.54) is 0 Å². The smallest absolute Gasteiger partial charge is 0.186 e. The number of halogens is 1. The largest absolute Gasteiger partial charge is 0.371 e. The molecule has 90 valence electrons. The van der Waals surface area contributed by atoms with Crippen LogP contribution in [0.5, 0.6) is 0 Å². The Morgan fingerprint density at radius 1 is 1.38 bits per heavy atom. The van der Waals surface area contributed by atoms with Crippen LogP contribution >= 0.6 is 0 Å². The van der Waals surface area contributed by atoms with Gasteiger partial charge in [0.15, 0.2) is 17.5 Å². The van der Waals surface area contributed by atoms with Gasteiger partial charge >= 0.3 is 0 Å². The van der Waals surface area contributed by atoms with Gasteiger partial charge in [-0.05, 0) is 27.7 Å². The van der Waals surface area contributed by atoms with Crippen LogP contribution in [0.4, 0.5) is 10.2 Å². The van der Waals surface area contributed by atoms with Crippen molar-refractivity contribution in [1.82, 2.24) is 9.97 Å². The van der Waals surface area contributed by atoms with Gasteiger partial charge in [-0.2, -0.15) is 0 Å². The van der Waals surface area contributed by atoms with E-state index in [-0.39, 0.29) is 5.82 Å². The van der Waals surface area contributed by atoms with Gasteiger partial charge in [0.2, 0.25) is 0 Å². The molecular formula is C11H18FN3O. The minimum atomic E-state index is -0.622. The van der Waals surface area contributed by atoms with Gasteiger partial charge in [-0.25, -0.2) is 14.4 Å². The van der Waals surface area contributed by atoms with Crippen molar-refractivity contribution in [3.05, 3.63) is 17.3 Å². The first-order valence-corrected chi connectivity index (χ1v) is 5.26. The molecule has 5 heteroatoms. The number of ether oxygens (including phenoxy) is 1. The molecule has 0 saturated carbocycles. The maximum atomic E-state index is 13.6. The number of anilines is 1. The van der Waals surface area contributed by atoms with Crippen LogP contribution < -0.4 is 5.32 Å². The summed E-state index contributed by atoms with van der Waals surface area (Å²) in [6.45, 7) is 7.80. The van der Waals surface area contributed by atoms with Crippen molar-refractivity contribution < 1.29 is 9.13 Å². The van der Waals surface area contributed by atoms with Crippen LogP contribution in [0.3, 0.4) is 0 Å². The summed E-state index contributed by atoms with van der Waals surface area (Å²) in [6, 6.07) is 0. The molecule has 0 radical (unpaired) electrons. The van der Waals surface area contributed by atoms with E-state index in [9.17, 15) is 4.39 Å². The number of methoxy groups -OCH3 is 1. The standard InChI is InChI=1S/C11H18FN3O/c1-6-13-9-8(12)7(2)14-10(15-9)11(3,4)16-5/h6H2,1-5H3,(H,13,14,15). The monoisotopic (exact) mass is 227 g/mol. The lowest BCUT2D eigenvalue weighted by Gasteiger charge is -2.22. The molecule has 4 nitrogen and oxygen atoms in total. The summed E-state index contributed by atoms with van der Waals surface area (Å²) in [4.78, 5) is 8.25. The SMILES string of the molecule is CCNc1nc(C(C)(C)OC)nc(C)c1F. The summed E-state index contributed by atoms with van der Waals surface area (Å²) >= 11 is 0. The lowest BCUT2D eigenvalue weighted by atomic mass is 10.1. The number of hydrogen-bond donors (Lipinski definition) is 1. The van der Waals surface area contributed by atoms with Crippen LogP contribution in [-0.2, 0) is 10.3 Å². The van der Waals surface area contributed by atoms with E-state index in [0.29, 0.717) is 18.1 Å². The van der Waals surface area contributed by atoms with Crippen molar-refractivity contribution in [3.8, 4) is 0 Å². The highest BCUT2D eigenvalue weighted by Gasteiger charge is 2.25. The molecule has 0 aliphatic heterocycles. The van der Waals surface area contributed by atoms with Crippen molar-refractivity contribution in [3.63, 3.8) is 0 Å². The average Bonchev–Trinajstić information content (AvgIpc) is 2.24. The Morgan fingerprint density at radius 3 is 2.50 bits per heavy atom. The van der Waals surface area contributed by atoms with Crippen LogP contribution in [0.15, 0.2) is 0 Å². The number of rotatable bonds is 4. The number of aromatic nitrogens is 2. The summed E-state index contributed by atoms with van der Waals surface area (Å²) in [7, 11) is 1.58. The molecule has 0 fully saturated rings. The Hall–Kier alpha value is -1.23. The molecule has 0 aliphatic carbocycles. The zero-order valence-corrected chi connectivity index (χ0v) is 10.4. The third kappa shape index (κ3) is 2.47. The van der Waals surface area contributed by atoms with E-state index in [0.717, 1.165) is 0 Å². The Kier molecular flexibility index (Phi) is 3.80. The molecule has 0 saturated heterocycles. The second-order valence-electron chi connectivity index (χ2n) is 4.04. The molecule has 0 amide bonds. The molecule has 1 aromatic rings. The van der Waals surface area contributed by atoms with Crippen LogP contribution in [-0.4, -0.2) is 23.6 Å². The summed E-state index contributed by atoms with van der Waals surface area (Å²) in [5.41, 5.74) is -0.297. The average molecular weight is 227 g/mol. The quantitative estimate of drug-likeness (QED) is 0.857.